The quantitative estimate of drug-likeness (QED) is 0.836. The van der Waals surface area contributed by atoms with Crippen molar-refractivity contribution in [2.75, 3.05) is 0 Å². The number of aromatic nitrogens is 1. The number of halogens is 2. The number of benzene rings is 1. The lowest BCUT2D eigenvalue weighted by Gasteiger charge is -1.98. The molecule has 1 aromatic carbocycles. The van der Waals surface area contributed by atoms with E-state index in [0.29, 0.717) is 11.0 Å². The maximum atomic E-state index is 13.3. The van der Waals surface area contributed by atoms with Crippen LogP contribution in [0.5, 0.6) is 0 Å². The van der Waals surface area contributed by atoms with Crippen LogP contribution in [0.15, 0.2) is 22.8 Å². The van der Waals surface area contributed by atoms with E-state index in [9.17, 15) is 4.39 Å². The first-order valence-electron chi connectivity index (χ1n) is 4.26. The van der Waals surface area contributed by atoms with Gasteiger partial charge in [-0.25, -0.2) is 4.39 Å². The fraction of sp³-hybridized carbons (Fsp3) is 0.200. The number of aryl methyl sites for hydroxylation is 1. The fourth-order valence-corrected chi connectivity index (χ4v) is 1.96. The van der Waals surface area contributed by atoms with E-state index in [1.54, 1.807) is 6.07 Å². The molecule has 4 heteroatoms. The van der Waals surface area contributed by atoms with Crippen LogP contribution in [0.4, 0.5) is 4.39 Å². The van der Waals surface area contributed by atoms with Crippen LogP contribution in [-0.4, -0.2) is 4.57 Å². The van der Waals surface area contributed by atoms with Crippen LogP contribution in [0.3, 0.4) is 0 Å². The second-order valence-corrected chi connectivity index (χ2v) is 4.11. The molecule has 74 valence electrons. The Morgan fingerprint density at radius 3 is 2.86 bits per heavy atom. The van der Waals surface area contributed by atoms with E-state index < -0.39 is 0 Å². The van der Waals surface area contributed by atoms with Gasteiger partial charge in [-0.1, -0.05) is 0 Å². The number of rotatable bonds is 1. The zero-order valence-corrected chi connectivity index (χ0v) is 9.31. The van der Waals surface area contributed by atoms with Gasteiger partial charge in [-0.2, -0.15) is 0 Å². The number of nitrogens with two attached hydrogens (primary N) is 1. The van der Waals surface area contributed by atoms with Gasteiger partial charge in [-0.3, -0.25) is 0 Å². The average molecular weight is 257 g/mol. The monoisotopic (exact) mass is 256 g/mol. The summed E-state index contributed by atoms with van der Waals surface area (Å²) >= 11 is 3.16. The molecule has 0 saturated heterocycles. The molecular formula is C10H10BrFN2. The van der Waals surface area contributed by atoms with Gasteiger partial charge in [-0.05, 0) is 33.6 Å². The van der Waals surface area contributed by atoms with Crippen LogP contribution in [0.2, 0.25) is 0 Å². The summed E-state index contributed by atoms with van der Waals surface area (Å²) in [5.41, 5.74) is 7.49. The van der Waals surface area contributed by atoms with E-state index in [-0.39, 0.29) is 5.82 Å². The molecule has 0 bridgehead atoms. The van der Waals surface area contributed by atoms with Gasteiger partial charge in [0.1, 0.15) is 5.82 Å². The maximum absolute atomic E-state index is 13.3. The smallest absolute Gasteiger partial charge is 0.139 e. The van der Waals surface area contributed by atoms with Gasteiger partial charge in [0, 0.05) is 25.2 Å². The van der Waals surface area contributed by atoms with Crippen LogP contribution < -0.4 is 5.73 Å². The summed E-state index contributed by atoms with van der Waals surface area (Å²) in [6.07, 6.45) is 1.93. The second kappa shape index (κ2) is 3.37. The van der Waals surface area contributed by atoms with Crippen molar-refractivity contribution >= 4 is 26.8 Å². The van der Waals surface area contributed by atoms with Gasteiger partial charge in [0.2, 0.25) is 0 Å². The van der Waals surface area contributed by atoms with E-state index in [0.717, 1.165) is 16.5 Å². The van der Waals surface area contributed by atoms with E-state index >= 15 is 0 Å². The predicted molar refractivity (Wildman–Crippen MR) is 58.5 cm³/mol. The summed E-state index contributed by atoms with van der Waals surface area (Å²) in [5.74, 6) is -0.248. The summed E-state index contributed by atoms with van der Waals surface area (Å²) in [4.78, 5) is 0. The normalized spacial score (nSPS) is 11.1. The van der Waals surface area contributed by atoms with E-state index in [4.69, 9.17) is 5.73 Å². The van der Waals surface area contributed by atoms with E-state index in [1.807, 2.05) is 17.8 Å². The van der Waals surface area contributed by atoms with Gasteiger partial charge in [0.15, 0.2) is 0 Å². The highest BCUT2D eigenvalue weighted by atomic mass is 79.9. The molecule has 1 aromatic heterocycles. The van der Waals surface area contributed by atoms with Gasteiger partial charge in [0.05, 0.1) is 9.99 Å². The van der Waals surface area contributed by atoms with Crippen LogP contribution >= 0.6 is 15.9 Å². The minimum absolute atomic E-state index is 0.248. The first-order valence-corrected chi connectivity index (χ1v) is 5.06. The molecule has 0 atom stereocenters. The number of nitrogens with zero attached hydrogens (tertiary/aromatic N) is 1. The molecular weight excluding hydrogens is 247 g/mol. The Morgan fingerprint density at radius 1 is 1.50 bits per heavy atom. The lowest BCUT2D eigenvalue weighted by molar-refractivity contribution is 0.622. The van der Waals surface area contributed by atoms with E-state index in [1.165, 1.54) is 6.07 Å². The van der Waals surface area contributed by atoms with Crippen molar-refractivity contribution in [1.82, 2.24) is 4.57 Å². The molecule has 0 amide bonds. The SMILES string of the molecule is Cn1cc(CN)c2cc(Br)c(F)cc21. The van der Waals surface area contributed by atoms with Crippen molar-refractivity contribution in [3.63, 3.8) is 0 Å². The highest BCUT2D eigenvalue weighted by molar-refractivity contribution is 9.10. The molecule has 2 aromatic rings. The Hall–Kier alpha value is -0.870. The fourth-order valence-electron chi connectivity index (χ4n) is 1.62. The third-order valence-corrected chi connectivity index (χ3v) is 2.94. The highest BCUT2D eigenvalue weighted by Crippen LogP contribution is 2.26. The summed E-state index contributed by atoms with van der Waals surface area (Å²) < 4.78 is 15.6. The Balaban J connectivity index is 2.84. The zero-order chi connectivity index (χ0) is 10.3. The summed E-state index contributed by atoms with van der Waals surface area (Å²) in [6.45, 7) is 0.468. The Labute approximate surface area is 89.6 Å². The van der Waals surface area contributed by atoms with Gasteiger partial charge < -0.3 is 10.3 Å². The minimum atomic E-state index is -0.248. The Morgan fingerprint density at radius 2 is 2.21 bits per heavy atom. The molecule has 14 heavy (non-hydrogen) atoms. The summed E-state index contributed by atoms with van der Waals surface area (Å²) in [7, 11) is 1.88. The molecule has 2 N–H and O–H groups in total. The van der Waals surface area contributed by atoms with Crippen molar-refractivity contribution < 1.29 is 4.39 Å². The summed E-state index contributed by atoms with van der Waals surface area (Å²) in [5, 5.41) is 1.00. The largest absolute Gasteiger partial charge is 0.350 e. The molecule has 0 aliphatic carbocycles. The van der Waals surface area contributed by atoms with Crippen LogP contribution in [0, 0.1) is 5.82 Å². The van der Waals surface area contributed by atoms with E-state index in [2.05, 4.69) is 15.9 Å². The Kier molecular flexibility index (Phi) is 2.33. The third-order valence-electron chi connectivity index (χ3n) is 2.33. The van der Waals surface area contributed by atoms with Crippen LogP contribution in [0.1, 0.15) is 5.56 Å². The lowest BCUT2D eigenvalue weighted by atomic mass is 10.2. The van der Waals surface area contributed by atoms with Gasteiger partial charge in [-0.15, -0.1) is 0 Å². The van der Waals surface area contributed by atoms with Crippen molar-refractivity contribution in [2.45, 2.75) is 6.54 Å². The minimum Gasteiger partial charge on any atom is -0.350 e. The molecule has 0 unspecified atom stereocenters. The summed E-state index contributed by atoms with van der Waals surface area (Å²) in [6, 6.07) is 3.28. The van der Waals surface area contributed by atoms with Crippen molar-refractivity contribution in [1.29, 1.82) is 0 Å². The number of fused-ring (bicyclic) bond motifs is 1. The molecule has 0 saturated carbocycles. The van der Waals surface area contributed by atoms with Crippen molar-refractivity contribution in [3.8, 4) is 0 Å². The molecule has 0 aliphatic rings. The standard InChI is InChI=1S/C10H10BrFN2/c1-14-5-6(4-13)7-2-8(11)9(12)3-10(7)14/h2-3,5H,4,13H2,1H3. The molecule has 1 heterocycles. The molecule has 0 fully saturated rings. The molecule has 0 aliphatic heterocycles. The maximum Gasteiger partial charge on any atom is 0.139 e. The topological polar surface area (TPSA) is 30.9 Å². The molecule has 0 radical (unpaired) electrons. The number of hydrogen-bond acceptors (Lipinski definition) is 1. The lowest BCUT2D eigenvalue weighted by Crippen LogP contribution is -1.94. The molecule has 0 spiro atoms. The predicted octanol–water partition coefficient (Wildman–Crippen LogP) is 2.54. The molecule has 2 nitrogen and oxygen atoms in total. The highest BCUT2D eigenvalue weighted by Gasteiger charge is 2.08. The van der Waals surface area contributed by atoms with Gasteiger partial charge in [0.25, 0.3) is 0 Å². The zero-order valence-electron chi connectivity index (χ0n) is 7.72. The first-order chi connectivity index (χ1) is 6.63. The molecule has 2 rings (SSSR count). The first kappa shape index (κ1) is 9.68. The second-order valence-electron chi connectivity index (χ2n) is 3.25. The van der Waals surface area contributed by atoms with Crippen molar-refractivity contribution in [3.05, 3.63) is 34.2 Å². The third kappa shape index (κ3) is 1.35. The van der Waals surface area contributed by atoms with Crippen LogP contribution in [-0.2, 0) is 13.6 Å². The Bertz CT molecular complexity index is 490. The van der Waals surface area contributed by atoms with Crippen molar-refractivity contribution in [2.24, 2.45) is 12.8 Å². The number of hydrogen-bond donors (Lipinski definition) is 1. The average Bonchev–Trinajstić information content (AvgIpc) is 2.45. The van der Waals surface area contributed by atoms with Gasteiger partial charge >= 0.3 is 0 Å². The van der Waals surface area contributed by atoms with Crippen LogP contribution in [0.25, 0.3) is 10.9 Å².